The van der Waals surface area contributed by atoms with Gasteiger partial charge in [0, 0.05) is 17.1 Å². The minimum atomic E-state index is -1.86. The van der Waals surface area contributed by atoms with Gasteiger partial charge in [0.25, 0.3) is 5.91 Å². The fourth-order valence-corrected chi connectivity index (χ4v) is 2.92. The Morgan fingerprint density at radius 3 is 2.86 bits per heavy atom. The topological polar surface area (TPSA) is 70.8 Å². The summed E-state index contributed by atoms with van der Waals surface area (Å²) in [6, 6.07) is 8.27. The summed E-state index contributed by atoms with van der Waals surface area (Å²) in [6.45, 7) is 0. The van der Waals surface area contributed by atoms with E-state index in [1.54, 1.807) is 31.3 Å². The number of benzene rings is 1. The minimum Gasteiger partial charge on any atom is -0.461 e. The van der Waals surface area contributed by atoms with E-state index >= 15 is 0 Å². The van der Waals surface area contributed by atoms with Gasteiger partial charge in [0.2, 0.25) is 5.78 Å². The standard InChI is InChI=1S/C15H12BrNO4/c1-17-11-5-4-9(16)7-10(11)15(20,14(17)19)8-12(18)13-3-2-6-21-13/h2-7,20H,8H2,1H3. The van der Waals surface area contributed by atoms with Gasteiger partial charge in [0.1, 0.15) is 0 Å². The summed E-state index contributed by atoms with van der Waals surface area (Å²) in [4.78, 5) is 25.9. The zero-order chi connectivity index (χ0) is 15.2. The van der Waals surface area contributed by atoms with Crippen molar-refractivity contribution in [2.45, 2.75) is 12.0 Å². The fraction of sp³-hybridized carbons (Fsp3) is 0.200. The van der Waals surface area contributed by atoms with Crippen molar-refractivity contribution >= 4 is 33.3 Å². The number of carbonyl (C=O) groups is 2. The van der Waals surface area contributed by atoms with Crippen molar-refractivity contribution < 1.29 is 19.1 Å². The van der Waals surface area contributed by atoms with Gasteiger partial charge in [-0.1, -0.05) is 15.9 Å². The third-order valence-electron chi connectivity index (χ3n) is 3.64. The maximum absolute atomic E-state index is 12.4. The van der Waals surface area contributed by atoms with E-state index in [4.69, 9.17) is 4.42 Å². The fourth-order valence-electron chi connectivity index (χ4n) is 2.56. The van der Waals surface area contributed by atoms with Crippen LogP contribution >= 0.6 is 15.9 Å². The van der Waals surface area contributed by atoms with E-state index < -0.39 is 17.3 Å². The van der Waals surface area contributed by atoms with Crippen molar-refractivity contribution in [1.29, 1.82) is 0 Å². The predicted molar refractivity (Wildman–Crippen MR) is 79.1 cm³/mol. The lowest BCUT2D eigenvalue weighted by Gasteiger charge is -2.20. The molecule has 0 aliphatic carbocycles. The molecule has 0 radical (unpaired) electrons. The molecule has 1 aliphatic rings. The number of fused-ring (bicyclic) bond motifs is 1. The second kappa shape index (κ2) is 4.82. The summed E-state index contributed by atoms with van der Waals surface area (Å²) in [5, 5.41) is 10.8. The van der Waals surface area contributed by atoms with Gasteiger partial charge in [-0.25, -0.2) is 0 Å². The molecule has 1 aromatic heterocycles. The minimum absolute atomic E-state index is 0.127. The molecule has 5 nitrogen and oxygen atoms in total. The van der Waals surface area contributed by atoms with E-state index in [2.05, 4.69) is 15.9 Å². The van der Waals surface area contributed by atoms with E-state index in [1.807, 2.05) is 0 Å². The molecule has 0 saturated heterocycles. The van der Waals surface area contributed by atoms with Gasteiger partial charge in [0.05, 0.1) is 18.4 Å². The number of aliphatic hydroxyl groups is 1. The highest BCUT2D eigenvalue weighted by atomic mass is 79.9. The number of ketones is 1. The number of halogens is 1. The molecule has 1 N–H and O–H groups in total. The number of likely N-dealkylation sites (N-methyl/N-ethyl adjacent to an activating group) is 1. The third-order valence-corrected chi connectivity index (χ3v) is 4.13. The summed E-state index contributed by atoms with van der Waals surface area (Å²) < 4.78 is 5.76. The highest BCUT2D eigenvalue weighted by Gasteiger charge is 2.50. The van der Waals surface area contributed by atoms with E-state index in [0.29, 0.717) is 11.3 Å². The van der Waals surface area contributed by atoms with Gasteiger partial charge in [0.15, 0.2) is 11.4 Å². The zero-order valence-corrected chi connectivity index (χ0v) is 12.8. The van der Waals surface area contributed by atoms with Crippen LogP contribution in [-0.2, 0) is 10.4 Å². The second-order valence-corrected chi connectivity index (χ2v) is 5.88. The van der Waals surface area contributed by atoms with Gasteiger partial charge in [-0.15, -0.1) is 0 Å². The van der Waals surface area contributed by atoms with Crippen LogP contribution in [0.15, 0.2) is 45.5 Å². The van der Waals surface area contributed by atoms with Gasteiger partial charge >= 0.3 is 0 Å². The number of hydrogen-bond acceptors (Lipinski definition) is 4. The molecule has 0 fully saturated rings. The molecule has 0 spiro atoms. The first-order chi connectivity index (χ1) is 9.93. The number of hydrogen-bond donors (Lipinski definition) is 1. The Morgan fingerprint density at radius 1 is 1.43 bits per heavy atom. The van der Waals surface area contributed by atoms with Gasteiger partial charge in [-0.3, -0.25) is 9.59 Å². The molecule has 1 atom stereocenters. The van der Waals surface area contributed by atoms with Gasteiger partial charge < -0.3 is 14.4 Å². The SMILES string of the molecule is CN1C(=O)C(O)(CC(=O)c2ccco2)c2cc(Br)ccc21. The Balaban J connectivity index is 2.03. The van der Waals surface area contributed by atoms with E-state index in [0.717, 1.165) is 4.47 Å². The summed E-state index contributed by atoms with van der Waals surface area (Å²) in [5.41, 5.74) is -0.847. The van der Waals surface area contributed by atoms with Crippen LogP contribution in [0.25, 0.3) is 0 Å². The second-order valence-electron chi connectivity index (χ2n) is 4.96. The van der Waals surface area contributed by atoms with Crippen LogP contribution < -0.4 is 4.90 Å². The first-order valence-electron chi connectivity index (χ1n) is 6.31. The number of furan rings is 1. The number of rotatable bonds is 3. The summed E-state index contributed by atoms with van der Waals surface area (Å²) in [7, 11) is 1.57. The number of anilines is 1. The average Bonchev–Trinajstić information content (AvgIpc) is 3.04. The highest BCUT2D eigenvalue weighted by molar-refractivity contribution is 9.10. The average molecular weight is 350 g/mol. The lowest BCUT2D eigenvalue weighted by atomic mass is 9.89. The Morgan fingerprint density at radius 2 is 2.19 bits per heavy atom. The Hall–Kier alpha value is -1.92. The van der Waals surface area contributed by atoms with E-state index in [1.165, 1.54) is 17.2 Å². The lowest BCUT2D eigenvalue weighted by molar-refractivity contribution is -0.135. The summed E-state index contributed by atoms with van der Waals surface area (Å²) in [6.07, 6.45) is 1.03. The highest BCUT2D eigenvalue weighted by Crippen LogP contribution is 2.43. The molecule has 0 saturated carbocycles. The van der Waals surface area contributed by atoms with Crippen molar-refractivity contribution in [1.82, 2.24) is 0 Å². The molecule has 3 rings (SSSR count). The molecule has 1 amide bonds. The van der Waals surface area contributed by atoms with Crippen LogP contribution in [0, 0.1) is 0 Å². The largest absolute Gasteiger partial charge is 0.461 e. The molecule has 1 aromatic carbocycles. The molecule has 21 heavy (non-hydrogen) atoms. The van der Waals surface area contributed by atoms with E-state index in [-0.39, 0.29) is 12.2 Å². The van der Waals surface area contributed by atoms with Crippen molar-refractivity contribution in [3.05, 3.63) is 52.4 Å². The number of carbonyl (C=O) groups excluding carboxylic acids is 2. The smallest absolute Gasteiger partial charge is 0.263 e. The summed E-state index contributed by atoms with van der Waals surface area (Å²) in [5.74, 6) is -0.810. The van der Waals surface area contributed by atoms with Crippen LogP contribution in [0.5, 0.6) is 0 Å². The Labute approximate surface area is 129 Å². The molecule has 1 unspecified atom stereocenters. The maximum Gasteiger partial charge on any atom is 0.263 e. The Kier molecular flexibility index (Phi) is 3.22. The summed E-state index contributed by atoms with van der Waals surface area (Å²) >= 11 is 3.32. The number of Topliss-reactive ketones (excluding diaryl/α,β-unsaturated/α-hetero) is 1. The Bertz CT molecular complexity index is 725. The first-order valence-corrected chi connectivity index (χ1v) is 7.10. The molecule has 1 aliphatic heterocycles. The third kappa shape index (κ3) is 2.11. The van der Waals surface area contributed by atoms with Crippen LogP contribution in [0.2, 0.25) is 0 Å². The van der Waals surface area contributed by atoms with Crippen molar-refractivity contribution in [3.63, 3.8) is 0 Å². The normalized spacial score (nSPS) is 20.7. The molecular formula is C15H12BrNO4. The van der Waals surface area contributed by atoms with Gasteiger partial charge in [-0.05, 0) is 30.3 Å². The van der Waals surface area contributed by atoms with Crippen LogP contribution in [0.3, 0.4) is 0 Å². The van der Waals surface area contributed by atoms with Crippen LogP contribution in [0.1, 0.15) is 22.5 Å². The molecule has 6 heteroatoms. The quantitative estimate of drug-likeness (QED) is 0.864. The van der Waals surface area contributed by atoms with Gasteiger partial charge in [-0.2, -0.15) is 0 Å². The maximum atomic E-state index is 12.4. The number of nitrogens with zero attached hydrogens (tertiary/aromatic N) is 1. The first kappa shape index (κ1) is 14.0. The van der Waals surface area contributed by atoms with Crippen LogP contribution in [-0.4, -0.2) is 23.8 Å². The van der Waals surface area contributed by atoms with E-state index in [9.17, 15) is 14.7 Å². The molecular weight excluding hydrogens is 338 g/mol. The number of amides is 1. The molecule has 2 aromatic rings. The lowest BCUT2D eigenvalue weighted by Crippen LogP contribution is -2.40. The van der Waals surface area contributed by atoms with Crippen molar-refractivity contribution in [2.75, 3.05) is 11.9 Å². The molecule has 0 bridgehead atoms. The van der Waals surface area contributed by atoms with Crippen molar-refractivity contribution in [3.8, 4) is 0 Å². The van der Waals surface area contributed by atoms with Crippen LogP contribution in [0.4, 0.5) is 5.69 Å². The molecule has 2 heterocycles. The zero-order valence-electron chi connectivity index (χ0n) is 11.2. The predicted octanol–water partition coefficient (Wildman–Crippen LogP) is 2.48. The monoisotopic (exact) mass is 349 g/mol. The molecule has 108 valence electrons. The van der Waals surface area contributed by atoms with Crippen molar-refractivity contribution in [2.24, 2.45) is 0 Å².